The van der Waals surface area contributed by atoms with Gasteiger partial charge in [0.05, 0.1) is 13.7 Å². The van der Waals surface area contributed by atoms with Crippen LogP contribution in [0.25, 0.3) is 10.8 Å². The molecule has 0 saturated heterocycles. The SMILES string of the molecule is CCCNC(=O)NCC(CO)c1cccc2ccc(OC)cc12. The van der Waals surface area contributed by atoms with E-state index in [2.05, 4.69) is 10.6 Å². The molecule has 5 heteroatoms. The van der Waals surface area contributed by atoms with Crippen LogP contribution >= 0.6 is 0 Å². The Hall–Kier alpha value is -2.27. The summed E-state index contributed by atoms with van der Waals surface area (Å²) in [6.45, 7) is 2.98. The van der Waals surface area contributed by atoms with Gasteiger partial charge in [0.25, 0.3) is 0 Å². The van der Waals surface area contributed by atoms with Crippen molar-refractivity contribution in [1.29, 1.82) is 0 Å². The van der Waals surface area contributed by atoms with E-state index in [1.807, 2.05) is 43.3 Å². The second-order valence-corrected chi connectivity index (χ2v) is 5.45. The first kappa shape index (κ1) is 17.1. The second kappa shape index (κ2) is 8.39. The van der Waals surface area contributed by atoms with Gasteiger partial charge in [0, 0.05) is 19.0 Å². The van der Waals surface area contributed by atoms with Gasteiger partial charge in [0.2, 0.25) is 0 Å². The fourth-order valence-electron chi connectivity index (χ4n) is 2.55. The lowest BCUT2D eigenvalue weighted by molar-refractivity contribution is 0.234. The zero-order valence-corrected chi connectivity index (χ0v) is 13.6. The Morgan fingerprint density at radius 1 is 1.26 bits per heavy atom. The number of hydrogen-bond donors (Lipinski definition) is 3. The summed E-state index contributed by atoms with van der Waals surface area (Å²) in [6, 6.07) is 11.6. The summed E-state index contributed by atoms with van der Waals surface area (Å²) in [4.78, 5) is 11.7. The lowest BCUT2D eigenvalue weighted by Crippen LogP contribution is -2.38. The summed E-state index contributed by atoms with van der Waals surface area (Å²) in [5, 5.41) is 17.4. The minimum absolute atomic E-state index is 0.0373. The van der Waals surface area contributed by atoms with Crippen LogP contribution in [0.5, 0.6) is 5.75 Å². The van der Waals surface area contributed by atoms with Crippen molar-refractivity contribution >= 4 is 16.8 Å². The van der Waals surface area contributed by atoms with Crippen LogP contribution in [0.2, 0.25) is 0 Å². The van der Waals surface area contributed by atoms with E-state index in [0.717, 1.165) is 28.5 Å². The average Bonchev–Trinajstić information content (AvgIpc) is 2.60. The van der Waals surface area contributed by atoms with Crippen LogP contribution in [0.4, 0.5) is 4.79 Å². The number of benzene rings is 2. The Bertz CT molecular complexity index is 658. The molecule has 23 heavy (non-hydrogen) atoms. The van der Waals surface area contributed by atoms with Crippen molar-refractivity contribution in [3.05, 3.63) is 42.0 Å². The summed E-state index contributed by atoms with van der Waals surface area (Å²) < 4.78 is 5.29. The van der Waals surface area contributed by atoms with Gasteiger partial charge >= 0.3 is 6.03 Å². The van der Waals surface area contributed by atoms with Gasteiger partial charge in [-0.2, -0.15) is 0 Å². The van der Waals surface area contributed by atoms with E-state index in [4.69, 9.17) is 4.74 Å². The summed E-state index contributed by atoms with van der Waals surface area (Å²) in [5.41, 5.74) is 1.000. The van der Waals surface area contributed by atoms with E-state index in [-0.39, 0.29) is 18.6 Å². The summed E-state index contributed by atoms with van der Waals surface area (Å²) in [7, 11) is 1.63. The molecule has 0 spiro atoms. The molecule has 0 heterocycles. The van der Waals surface area contributed by atoms with Crippen LogP contribution < -0.4 is 15.4 Å². The van der Waals surface area contributed by atoms with Crippen LogP contribution in [0, 0.1) is 0 Å². The van der Waals surface area contributed by atoms with Gasteiger partial charge in [-0.15, -0.1) is 0 Å². The number of amides is 2. The number of fused-ring (bicyclic) bond motifs is 1. The smallest absolute Gasteiger partial charge is 0.314 e. The molecule has 2 rings (SSSR count). The first-order chi connectivity index (χ1) is 11.2. The maximum absolute atomic E-state index is 11.7. The molecule has 0 fully saturated rings. The number of methoxy groups -OCH3 is 1. The molecule has 2 aromatic rings. The van der Waals surface area contributed by atoms with Gasteiger partial charge in [-0.05, 0) is 34.9 Å². The van der Waals surface area contributed by atoms with Crippen molar-refractivity contribution in [2.75, 3.05) is 26.8 Å². The number of carbonyl (C=O) groups excluding carboxylic acids is 1. The fourth-order valence-corrected chi connectivity index (χ4v) is 2.55. The van der Waals surface area contributed by atoms with Gasteiger partial charge in [-0.1, -0.05) is 31.2 Å². The molecule has 0 aliphatic heterocycles. The molecule has 0 aliphatic rings. The highest BCUT2D eigenvalue weighted by Crippen LogP contribution is 2.28. The third kappa shape index (κ3) is 4.36. The zero-order valence-electron chi connectivity index (χ0n) is 13.6. The molecular weight excluding hydrogens is 292 g/mol. The van der Waals surface area contributed by atoms with E-state index in [1.54, 1.807) is 7.11 Å². The maximum Gasteiger partial charge on any atom is 0.314 e. The standard InChI is InChI=1S/C18H24N2O3/c1-3-9-19-18(22)20-11-14(12-21)16-6-4-5-13-7-8-15(23-2)10-17(13)16/h4-8,10,14,21H,3,9,11-12H2,1-2H3,(H2,19,20,22). The predicted octanol–water partition coefficient (Wildman–Crippen LogP) is 2.63. The molecule has 0 aliphatic carbocycles. The summed E-state index contributed by atoms with van der Waals surface area (Å²) in [6.07, 6.45) is 0.889. The van der Waals surface area contributed by atoms with Crippen molar-refractivity contribution in [3.63, 3.8) is 0 Å². The average molecular weight is 316 g/mol. The number of aliphatic hydroxyl groups is 1. The molecule has 1 unspecified atom stereocenters. The molecular formula is C18H24N2O3. The van der Waals surface area contributed by atoms with E-state index < -0.39 is 0 Å². The number of nitrogens with one attached hydrogen (secondary N) is 2. The molecule has 1 atom stereocenters. The zero-order chi connectivity index (χ0) is 16.7. The van der Waals surface area contributed by atoms with Gasteiger partial charge in [0.1, 0.15) is 5.75 Å². The molecule has 0 saturated carbocycles. The highest BCUT2D eigenvalue weighted by Gasteiger charge is 2.15. The highest BCUT2D eigenvalue weighted by molar-refractivity contribution is 5.87. The molecule has 2 aromatic carbocycles. The predicted molar refractivity (Wildman–Crippen MR) is 92.0 cm³/mol. The largest absolute Gasteiger partial charge is 0.497 e. The molecule has 2 amide bonds. The first-order valence-corrected chi connectivity index (χ1v) is 7.88. The van der Waals surface area contributed by atoms with E-state index >= 15 is 0 Å². The Balaban J connectivity index is 2.20. The lowest BCUT2D eigenvalue weighted by Gasteiger charge is -2.18. The lowest BCUT2D eigenvalue weighted by atomic mass is 9.93. The molecule has 0 radical (unpaired) electrons. The summed E-state index contributed by atoms with van der Waals surface area (Å²) in [5.74, 6) is 0.605. The molecule has 0 aromatic heterocycles. The number of aliphatic hydroxyl groups excluding tert-OH is 1. The van der Waals surface area contributed by atoms with Gasteiger partial charge in [-0.25, -0.2) is 4.79 Å². The topological polar surface area (TPSA) is 70.6 Å². The summed E-state index contributed by atoms with van der Waals surface area (Å²) >= 11 is 0. The van der Waals surface area contributed by atoms with E-state index in [0.29, 0.717) is 13.1 Å². The van der Waals surface area contributed by atoms with Crippen LogP contribution in [-0.4, -0.2) is 37.9 Å². The maximum atomic E-state index is 11.7. The first-order valence-electron chi connectivity index (χ1n) is 7.88. The minimum Gasteiger partial charge on any atom is -0.497 e. The van der Waals surface area contributed by atoms with Crippen molar-refractivity contribution in [2.24, 2.45) is 0 Å². The number of ether oxygens (including phenoxy) is 1. The molecule has 0 bridgehead atoms. The van der Waals surface area contributed by atoms with E-state index in [1.165, 1.54) is 0 Å². The van der Waals surface area contributed by atoms with Gasteiger partial charge < -0.3 is 20.5 Å². The number of carbonyl (C=O) groups is 1. The number of hydrogen-bond acceptors (Lipinski definition) is 3. The number of rotatable bonds is 7. The molecule has 124 valence electrons. The van der Waals surface area contributed by atoms with Crippen molar-refractivity contribution in [2.45, 2.75) is 19.3 Å². The fraction of sp³-hybridized carbons (Fsp3) is 0.389. The monoisotopic (exact) mass is 316 g/mol. The third-order valence-corrected chi connectivity index (χ3v) is 3.83. The molecule has 5 nitrogen and oxygen atoms in total. The number of urea groups is 1. The van der Waals surface area contributed by atoms with Crippen LogP contribution in [0.1, 0.15) is 24.8 Å². The highest BCUT2D eigenvalue weighted by atomic mass is 16.5. The Labute approximate surface area is 136 Å². The minimum atomic E-state index is -0.205. The van der Waals surface area contributed by atoms with Crippen LogP contribution in [-0.2, 0) is 0 Å². The van der Waals surface area contributed by atoms with E-state index in [9.17, 15) is 9.90 Å². The second-order valence-electron chi connectivity index (χ2n) is 5.45. The van der Waals surface area contributed by atoms with Crippen molar-refractivity contribution in [3.8, 4) is 5.75 Å². The Morgan fingerprint density at radius 2 is 2.09 bits per heavy atom. The van der Waals surface area contributed by atoms with Gasteiger partial charge in [-0.3, -0.25) is 0 Å². The quantitative estimate of drug-likeness (QED) is 0.735. The van der Waals surface area contributed by atoms with Crippen LogP contribution in [0.15, 0.2) is 36.4 Å². The third-order valence-electron chi connectivity index (χ3n) is 3.83. The molecule has 3 N–H and O–H groups in total. The van der Waals surface area contributed by atoms with Crippen LogP contribution in [0.3, 0.4) is 0 Å². The van der Waals surface area contributed by atoms with Gasteiger partial charge in [0.15, 0.2) is 0 Å². The van der Waals surface area contributed by atoms with Crippen molar-refractivity contribution < 1.29 is 14.6 Å². The van der Waals surface area contributed by atoms with Crippen molar-refractivity contribution in [1.82, 2.24) is 10.6 Å². The normalized spacial score (nSPS) is 12.0. The Kier molecular flexibility index (Phi) is 6.23. The Morgan fingerprint density at radius 3 is 2.78 bits per heavy atom.